The second-order valence-electron chi connectivity index (χ2n) is 7.12. The molecule has 5 nitrogen and oxygen atoms in total. The van der Waals surface area contributed by atoms with Gasteiger partial charge in [-0.25, -0.2) is 4.98 Å². The van der Waals surface area contributed by atoms with Crippen molar-refractivity contribution in [1.82, 2.24) is 19.9 Å². The van der Waals surface area contributed by atoms with E-state index in [1.54, 1.807) is 6.20 Å². The molecule has 0 atom stereocenters. The molecular formula is C25H21N5. The van der Waals surface area contributed by atoms with Crippen molar-refractivity contribution in [3.8, 4) is 22.5 Å². The third kappa shape index (κ3) is 3.78. The van der Waals surface area contributed by atoms with Gasteiger partial charge in [-0.2, -0.15) is 0 Å². The van der Waals surface area contributed by atoms with Gasteiger partial charge >= 0.3 is 0 Å². The van der Waals surface area contributed by atoms with E-state index in [4.69, 9.17) is 4.98 Å². The lowest BCUT2D eigenvalue weighted by atomic mass is 10.1. The highest BCUT2D eigenvalue weighted by Crippen LogP contribution is 2.26. The van der Waals surface area contributed by atoms with Crippen LogP contribution in [-0.4, -0.2) is 26.5 Å². The molecule has 1 aromatic carbocycles. The maximum Gasteiger partial charge on any atom is 0.127 e. The molecule has 0 aliphatic heterocycles. The lowest BCUT2D eigenvalue weighted by molar-refractivity contribution is 1.01. The Morgan fingerprint density at radius 2 is 1.77 bits per heavy atom. The molecule has 5 rings (SSSR count). The molecule has 4 aromatic heterocycles. The zero-order valence-corrected chi connectivity index (χ0v) is 16.4. The number of fused-ring (bicyclic) bond motifs is 1. The number of anilines is 1. The number of rotatable bonds is 6. The molecule has 0 aliphatic carbocycles. The number of aromatic nitrogens is 4. The highest BCUT2D eigenvalue weighted by Gasteiger charge is 2.09. The van der Waals surface area contributed by atoms with Crippen LogP contribution in [0.5, 0.6) is 0 Å². The largest absolute Gasteiger partial charge is 0.370 e. The van der Waals surface area contributed by atoms with Gasteiger partial charge < -0.3 is 10.3 Å². The normalized spacial score (nSPS) is 10.9. The van der Waals surface area contributed by atoms with Gasteiger partial charge in [0.2, 0.25) is 0 Å². The number of benzene rings is 1. The average molecular weight is 391 g/mol. The predicted molar refractivity (Wildman–Crippen MR) is 121 cm³/mol. The van der Waals surface area contributed by atoms with E-state index in [2.05, 4.69) is 56.8 Å². The van der Waals surface area contributed by atoms with Gasteiger partial charge in [-0.15, -0.1) is 0 Å². The summed E-state index contributed by atoms with van der Waals surface area (Å²) < 4.78 is 0. The first-order valence-electron chi connectivity index (χ1n) is 9.99. The Morgan fingerprint density at radius 3 is 2.63 bits per heavy atom. The quantitative estimate of drug-likeness (QED) is 0.410. The summed E-state index contributed by atoms with van der Waals surface area (Å²) in [5.41, 5.74) is 6.27. The van der Waals surface area contributed by atoms with Gasteiger partial charge in [-0.1, -0.05) is 24.3 Å². The number of nitrogens with one attached hydrogen (secondary N) is 2. The van der Waals surface area contributed by atoms with E-state index in [1.807, 2.05) is 48.8 Å². The van der Waals surface area contributed by atoms with E-state index in [9.17, 15) is 0 Å². The standard InChI is InChI=1S/C25H21N5/c1-2-9-23-21(7-1)18(17-29-23)10-13-28-25-15-20(22-8-3-4-12-27-22)14-24(30-25)19-6-5-11-26-16-19/h1-9,11-12,14-17,29H,10,13H2,(H,28,30). The van der Waals surface area contributed by atoms with E-state index in [1.165, 1.54) is 16.5 Å². The minimum atomic E-state index is 0.785. The first-order chi connectivity index (χ1) is 14.9. The van der Waals surface area contributed by atoms with E-state index in [-0.39, 0.29) is 0 Å². The van der Waals surface area contributed by atoms with Crippen molar-refractivity contribution >= 4 is 16.7 Å². The van der Waals surface area contributed by atoms with E-state index < -0.39 is 0 Å². The summed E-state index contributed by atoms with van der Waals surface area (Å²) in [6, 6.07) is 22.4. The molecule has 0 aliphatic rings. The van der Waals surface area contributed by atoms with Gasteiger partial charge in [0.1, 0.15) is 5.82 Å². The fourth-order valence-corrected chi connectivity index (χ4v) is 3.63. The molecule has 146 valence electrons. The van der Waals surface area contributed by atoms with E-state index in [0.717, 1.165) is 41.3 Å². The third-order valence-corrected chi connectivity index (χ3v) is 5.12. The fraction of sp³-hybridized carbons (Fsp3) is 0.0800. The second kappa shape index (κ2) is 8.17. The Labute approximate surface area is 174 Å². The summed E-state index contributed by atoms with van der Waals surface area (Å²) >= 11 is 0. The highest BCUT2D eigenvalue weighted by molar-refractivity contribution is 5.83. The summed E-state index contributed by atoms with van der Waals surface area (Å²) in [4.78, 5) is 16.9. The summed E-state index contributed by atoms with van der Waals surface area (Å²) in [6.45, 7) is 0.785. The first-order valence-corrected chi connectivity index (χ1v) is 9.99. The Hall–Kier alpha value is -3.99. The van der Waals surface area contributed by atoms with Crippen molar-refractivity contribution in [2.45, 2.75) is 6.42 Å². The third-order valence-electron chi connectivity index (χ3n) is 5.12. The van der Waals surface area contributed by atoms with Crippen molar-refractivity contribution in [2.24, 2.45) is 0 Å². The zero-order chi connectivity index (χ0) is 20.2. The first kappa shape index (κ1) is 18.1. The Balaban J connectivity index is 1.42. The number of para-hydroxylation sites is 1. The minimum Gasteiger partial charge on any atom is -0.370 e. The minimum absolute atomic E-state index is 0.785. The average Bonchev–Trinajstić information content (AvgIpc) is 3.23. The smallest absolute Gasteiger partial charge is 0.127 e. The van der Waals surface area contributed by atoms with Gasteiger partial charge in [0.15, 0.2) is 0 Å². The maximum absolute atomic E-state index is 4.82. The number of aromatic amines is 1. The molecule has 0 saturated heterocycles. The molecule has 0 radical (unpaired) electrons. The van der Waals surface area contributed by atoms with Crippen molar-refractivity contribution in [3.63, 3.8) is 0 Å². The van der Waals surface area contributed by atoms with Crippen LogP contribution in [0.2, 0.25) is 0 Å². The molecule has 2 N–H and O–H groups in total. The van der Waals surface area contributed by atoms with Crippen molar-refractivity contribution in [1.29, 1.82) is 0 Å². The SMILES string of the molecule is c1ccc(-c2cc(NCCc3c[nH]c4ccccc34)nc(-c3cccnc3)c2)nc1. The van der Waals surface area contributed by atoms with Crippen LogP contribution in [0.1, 0.15) is 5.56 Å². The van der Waals surface area contributed by atoms with Crippen LogP contribution >= 0.6 is 0 Å². The molecule has 0 unspecified atom stereocenters. The molecule has 5 heteroatoms. The van der Waals surface area contributed by atoms with Crippen LogP contribution < -0.4 is 5.32 Å². The molecule has 30 heavy (non-hydrogen) atoms. The van der Waals surface area contributed by atoms with Gasteiger partial charge in [0, 0.05) is 53.4 Å². The molecule has 0 saturated carbocycles. The fourth-order valence-electron chi connectivity index (χ4n) is 3.63. The number of pyridine rings is 3. The summed E-state index contributed by atoms with van der Waals surface area (Å²) in [5, 5.41) is 4.76. The number of hydrogen-bond donors (Lipinski definition) is 2. The molecule has 0 fully saturated rings. The highest BCUT2D eigenvalue weighted by atomic mass is 15.0. The maximum atomic E-state index is 4.82. The lowest BCUT2D eigenvalue weighted by Gasteiger charge is -2.11. The molecule has 0 spiro atoms. The van der Waals surface area contributed by atoms with Crippen molar-refractivity contribution in [2.75, 3.05) is 11.9 Å². The molecule has 0 amide bonds. The molecule has 0 bridgehead atoms. The molecule has 4 heterocycles. The monoisotopic (exact) mass is 391 g/mol. The Kier molecular flexibility index (Phi) is 4.92. The summed E-state index contributed by atoms with van der Waals surface area (Å²) in [6.07, 6.45) is 8.41. The summed E-state index contributed by atoms with van der Waals surface area (Å²) in [5.74, 6) is 0.830. The number of nitrogens with zero attached hydrogens (tertiary/aromatic N) is 3. The van der Waals surface area contributed by atoms with Crippen LogP contribution in [0.3, 0.4) is 0 Å². The second-order valence-corrected chi connectivity index (χ2v) is 7.12. The predicted octanol–water partition coefficient (Wildman–Crippen LogP) is 5.34. The topological polar surface area (TPSA) is 66.5 Å². The molecular weight excluding hydrogens is 370 g/mol. The van der Waals surface area contributed by atoms with E-state index in [0.29, 0.717) is 0 Å². The lowest BCUT2D eigenvalue weighted by Crippen LogP contribution is -2.07. The summed E-state index contributed by atoms with van der Waals surface area (Å²) in [7, 11) is 0. The Bertz CT molecular complexity index is 1200. The van der Waals surface area contributed by atoms with Gasteiger partial charge in [0.25, 0.3) is 0 Å². The van der Waals surface area contributed by atoms with Crippen LogP contribution in [-0.2, 0) is 6.42 Å². The van der Waals surface area contributed by atoms with Gasteiger partial charge in [-0.05, 0) is 54.4 Å². The van der Waals surface area contributed by atoms with Gasteiger partial charge in [-0.3, -0.25) is 9.97 Å². The van der Waals surface area contributed by atoms with Crippen molar-refractivity contribution in [3.05, 3.63) is 97.1 Å². The zero-order valence-electron chi connectivity index (χ0n) is 16.4. The van der Waals surface area contributed by atoms with Gasteiger partial charge in [0.05, 0.1) is 11.4 Å². The van der Waals surface area contributed by atoms with Crippen LogP contribution in [0, 0.1) is 0 Å². The van der Waals surface area contributed by atoms with E-state index >= 15 is 0 Å². The van der Waals surface area contributed by atoms with Crippen molar-refractivity contribution < 1.29 is 0 Å². The molecule has 5 aromatic rings. The van der Waals surface area contributed by atoms with Crippen LogP contribution in [0.4, 0.5) is 5.82 Å². The van der Waals surface area contributed by atoms with Crippen LogP contribution in [0.15, 0.2) is 91.5 Å². The Morgan fingerprint density at radius 1 is 0.833 bits per heavy atom. The number of hydrogen-bond acceptors (Lipinski definition) is 4. The van der Waals surface area contributed by atoms with Crippen LogP contribution in [0.25, 0.3) is 33.4 Å². The number of H-pyrrole nitrogens is 1.